The number of rotatable bonds is 6. The van der Waals surface area contributed by atoms with E-state index in [2.05, 4.69) is 39.4 Å². The predicted octanol–water partition coefficient (Wildman–Crippen LogP) is 5.16. The monoisotopic (exact) mass is 440 g/mol. The summed E-state index contributed by atoms with van der Waals surface area (Å²) in [6, 6.07) is 11.1. The third-order valence-electron chi connectivity index (χ3n) is 4.46. The summed E-state index contributed by atoms with van der Waals surface area (Å²) in [6.45, 7) is 4.96. The third-order valence-corrected chi connectivity index (χ3v) is 5.88. The molecule has 0 saturated heterocycles. The van der Waals surface area contributed by atoms with E-state index in [1.807, 2.05) is 28.8 Å². The maximum absolute atomic E-state index is 12.9. The molecule has 0 fully saturated rings. The topological polar surface area (TPSA) is 84.7 Å². The number of hydrogen-bond donors (Lipinski definition) is 2. The van der Waals surface area contributed by atoms with Gasteiger partial charge in [-0.15, -0.1) is 11.3 Å². The van der Waals surface area contributed by atoms with Crippen LogP contribution in [0, 0.1) is 5.92 Å². The fraction of sp³-hybridized carbons (Fsp3) is 0.238. The highest BCUT2D eigenvalue weighted by atomic mass is 35.5. The Morgan fingerprint density at radius 3 is 2.80 bits per heavy atom. The van der Waals surface area contributed by atoms with Gasteiger partial charge in [-0.2, -0.15) is 0 Å². The normalized spacial score (nSPS) is 11.2. The lowest BCUT2D eigenvalue weighted by Crippen LogP contribution is -2.16. The molecule has 4 aromatic rings. The molecular formula is C21H21ClN6OS. The molecule has 0 radical (unpaired) electrons. The number of fused-ring (bicyclic) bond motifs is 1. The second-order valence-electron chi connectivity index (χ2n) is 7.18. The van der Waals surface area contributed by atoms with E-state index < -0.39 is 0 Å². The number of aromatic nitrogens is 4. The van der Waals surface area contributed by atoms with E-state index in [0.29, 0.717) is 33.2 Å². The van der Waals surface area contributed by atoms with Gasteiger partial charge in [-0.25, -0.2) is 15.0 Å². The Morgan fingerprint density at radius 2 is 2.03 bits per heavy atom. The van der Waals surface area contributed by atoms with Crippen LogP contribution in [0.5, 0.6) is 0 Å². The number of carbonyl (C=O) groups excluding carboxylic acids is 1. The molecule has 7 nitrogen and oxygen atoms in total. The van der Waals surface area contributed by atoms with Gasteiger partial charge in [-0.1, -0.05) is 31.5 Å². The molecule has 30 heavy (non-hydrogen) atoms. The van der Waals surface area contributed by atoms with Crippen LogP contribution in [0.25, 0.3) is 21.6 Å². The molecule has 0 atom stereocenters. The van der Waals surface area contributed by atoms with Crippen LogP contribution in [0.4, 0.5) is 11.9 Å². The number of thiophene rings is 1. The van der Waals surface area contributed by atoms with Crippen LogP contribution in [-0.2, 0) is 6.54 Å². The molecule has 4 rings (SSSR count). The highest BCUT2D eigenvalue weighted by Crippen LogP contribution is 2.30. The molecule has 0 bridgehead atoms. The summed E-state index contributed by atoms with van der Waals surface area (Å²) < 4.78 is 2.00. The number of para-hydroxylation sites is 1. The van der Waals surface area contributed by atoms with Crippen molar-refractivity contribution in [3.63, 3.8) is 0 Å². The van der Waals surface area contributed by atoms with Gasteiger partial charge in [0.05, 0.1) is 26.0 Å². The fourth-order valence-corrected chi connectivity index (χ4v) is 4.22. The van der Waals surface area contributed by atoms with E-state index in [9.17, 15) is 4.79 Å². The van der Waals surface area contributed by atoms with E-state index in [1.165, 1.54) is 11.3 Å². The number of nitrogens with one attached hydrogen (secondary N) is 2. The van der Waals surface area contributed by atoms with Crippen molar-refractivity contribution in [1.82, 2.24) is 19.5 Å². The minimum absolute atomic E-state index is 0.217. The average molecular weight is 441 g/mol. The molecular weight excluding hydrogens is 420 g/mol. The number of benzene rings is 1. The number of hydrogen-bond acceptors (Lipinski definition) is 6. The van der Waals surface area contributed by atoms with Crippen LogP contribution in [0.2, 0.25) is 5.02 Å². The maximum atomic E-state index is 12.9. The molecule has 2 N–H and O–H groups in total. The van der Waals surface area contributed by atoms with Crippen molar-refractivity contribution in [2.24, 2.45) is 5.92 Å². The first kappa shape index (κ1) is 20.3. The Kier molecular flexibility index (Phi) is 5.69. The Balaban J connectivity index is 1.64. The van der Waals surface area contributed by atoms with Gasteiger partial charge >= 0.3 is 0 Å². The third kappa shape index (κ3) is 4.01. The number of nitrogens with zero attached hydrogens (tertiary/aromatic N) is 4. The summed E-state index contributed by atoms with van der Waals surface area (Å²) in [5.41, 5.74) is 2.35. The van der Waals surface area contributed by atoms with Crippen LogP contribution >= 0.6 is 22.9 Å². The number of carbonyl (C=O) groups is 1. The van der Waals surface area contributed by atoms with E-state index in [1.54, 1.807) is 25.4 Å². The smallest absolute Gasteiger partial charge is 0.268 e. The lowest BCUT2D eigenvalue weighted by Gasteiger charge is -2.12. The van der Waals surface area contributed by atoms with Crippen molar-refractivity contribution in [1.29, 1.82) is 0 Å². The number of halogens is 1. The zero-order valence-corrected chi connectivity index (χ0v) is 18.4. The summed E-state index contributed by atoms with van der Waals surface area (Å²) >= 11 is 7.69. The zero-order chi connectivity index (χ0) is 21.3. The molecule has 0 unspecified atom stereocenters. The minimum Gasteiger partial charge on any atom is -0.357 e. The molecule has 1 aromatic carbocycles. The second kappa shape index (κ2) is 8.41. The van der Waals surface area contributed by atoms with Gasteiger partial charge in [-0.05, 0) is 36.2 Å². The summed E-state index contributed by atoms with van der Waals surface area (Å²) in [7, 11) is 1.77. The van der Waals surface area contributed by atoms with Gasteiger partial charge in [0.2, 0.25) is 11.9 Å². The zero-order valence-electron chi connectivity index (χ0n) is 16.8. The molecule has 0 aliphatic carbocycles. The largest absolute Gasteiger partial charge is 0.357 e. The van der Waals surface area contributed by atoms with Gasteiger partial charge in [0.1, 0.15) is 5.52 Å². The Bertz CT molecular complexity index is 1220. The lowest BCUT2D eigenvalue weighted by atomic mass is 10.2. The number of imidazole rings is 1. The molecule has 9 heteroatoms. The van der Waals surface area contributed by atoms with Crippen LogP contribution in [0.15, 0.2) is 42.6 Å². The van der Waals surface area contributed by atoms with Crippen molar-refractivity contribution in [2.75, 3.05) is 17.7 Å². The van der Waals surface area contributed by atoms with Crippen LogP contribution in [0.3, 0.4) is 0 Å². The summed E-state index contributed by atoms with van der Waals surface area (Å²) in [4.78, 5) is 27.6. The molecule has 1 amide bonds. The van der Waals surface area contributed by atoms with Crippen molar-refractivity contribution < 1.29 is 4.79 Å². The summed E-state index contributed by atoms with van der Waals surface area (Å²) in [5.74, 6) is 1.19. The van der Waals surface area contributed by atoms with Crippen LogP contribution in [-0.4, -0.2) is 32.5 Å². The van der Waals surface area contributed by atoms with Crippen molar-refractivity contribution in [2.45, 2.75) is 20.4 Å². The van der Waals surface area contributed by atoms with E-state index in [4.69, 9.17) is 11.6 Å². The summed E-state index contributed by atoms with van der Waals surface area (Å²) in [6.07, 6.45) is 1.69. The Morgan fingerprint density at radius 1 is 1.20 bits per heavy atom. The Labute approximate surface area is 183 Å². The minimum atomic E-state index is -0.217. The van der Waals surface area contributed by atoms with Crippen LogP contribution in [0.1, 0.15) is 23.5 Å². The molecule has 3 heterocycles. The predicted molar refractivity (Wildman–Crippen MR) is 122 cm³/mol. The average Bonchev–Trinajstić information content (AvgIpc) is 3.35. The number of anilines is 2. The molecule has 0 aliphatic rings. The maximum Gasteiger partial charge on any atom is 0.268 e. The molecule has 154 valence electrons. The molecule has 3 aromatic heterocycles. The quantitative estimate of drug-likeness (QED) is 0.432. The van der Waals surface area contributed by atoms with Gasteiger partial charge in [0.15, 0.2) is 0 Å². The molecule has 0 aliphatic heterocycles. The van der Waals surface area contributed by atoms with Gasteiger partial charge in [0.25, 0.3) is 5.91 Å². The first-order chi connectivity index (χ1) is 14.5. The standard InChI is InChI=1S/C21H21ClN6OS/c1-12(2)11-28-15-6-4-5-13(22)18(15)26-21(28)27-19(29)17-8-7-16(30-17)14-9-10-24-20(23-3)25-14/h4-10,12H,11H2,1-3H3,(H,23,24,25)(H,26,27,29). The highest BCUT2D eigenvalue weighted by Gasteiger charge is 2.18. The van der Waals surface area contributed by atoms with E-state index in [0.717, 1.165) is 22.6 Å². The first-order valence-electron chi connectivity index (χ1n) is 9.53. The van der Waals surface area contributed by atoms with Crippen LogP contribution < -0.4 is 10.6 Å². The number of amides is 1. The van der Waals surface area contributed by atoms with Gasteiger partial charge in [-0.3, -0.25) is 10.1 Å². The SMILES string of the molecule is CNc1nccc(-c2ccc(C(=O)Nc3nc4c(Cl)cccc4n3CC(C)C)s2)n1. The Hall–Kier alpha value is -2.97. The van der Waals surface area contributed by atoms with Gasteiger partial charge < -0.3 is 9.88 Å². The lowest BCUT2D eigenvalue weighted by molar-refractivity contribution is 0.102. The van der Waals surface area contributed by atoms with Crippen molar-refractivity contribution in [3.05, 3.63) is 52.5 Å². The summed E-state index contributed by atoms with van der Waals surface area (Å²) in [5, 5.41) is 6.44. The van der Waals surface area contributed by atoms with E-state index >= 15 is 0 Å². The van der Waals surface area contributed by atoms with Crippen molar-refractivity contribution >= 4 is 51.8 Å². The van der Waals surface area contributed by atoms with Gasteiger partial charge in [0, 0.05) is 19.8 Å². The van der Waals surface area contributed by atoms with E-state index in [-0.39, 0.29) is 5.91 Å². The molecule has 0 spiro atoms. The highest BCUT2D eigenvalue weighted by molar-refractivity contribution is 7.17. The molecule has 0 saturated carbocycles. The first-order valence-corrected chi connectivity index (χ1v) is 10.7. The fourth-order valence-electron chi connectivity index (χ4n) is 3.14. The van der Waals surface area contributed by atoms with Crippen molar-refractivity contribution in [3.8, 4) is 10.6 Å². The second-order valence-corrected chi connectivity index (χ2v) is 8.67.